The van der Waals surface area contributed by atoms with Crippen LogP contribution in [0.3, 0.4) is 0 Å². The Labute approximate surface area is 129 Å². The van der Waals surface area contributed by atoms with E-state index in [2.05, 4.69) is 10.2 Å². The molecule has 0 bridgehead atoms. The number of hydrogen-bond donors (Lipinski definition) is 1. The Morgan fingerprint density at radius 2 is 1.76 bits per heavy atom. The second-order valence-corrected chi connectivity index (χ2v) is 7.40. The molecular formula is C18H32N2O. The van der Waals surface area contributed by atoms with Crippen LogP contribution in [0.25, 0.3) is 0 Å². The zero-order chi connectivity index (χ0) is 14.5. The number of nitrogens with zero attached hydrogens (tertiary/aromatic N) is 1. The van der Waals surface area contributed by atoms with E-state index in [1.54, 1.807) is 0 Å². The lowest BCUT2D eigenvalue weighted by Gasteiger charge is -2.39. The number of carbonyl (C=O) groups excluding carboxylic acids is 1. The third-order valence-electron chi connectivity index (χ3n) is 5.92. The van der Waals surface area contributed by atoms with Gasteiger partial charge in [0, 0.05) is 25.0 Å². The van der Waals surface area contributed by atoms with Gasteiger partial charge in [-0.15, -0.1) is 0 Å². The van der Waals surface area contributed by atoms with Crippen molar-refractivity contribution < 1.29 is 4.79 Å². The summed E-state index contributed by atoms with van der Waals surface area (Å²) in [6.07, 6.45) is 15.1. The van der Waals surface area contributed by atoms with Crippen molar-refractivity contribution in [1.82, 2.24) is 10.2 Å². The second-order valence-electron chi connectivity index (χ2n) is 7.40. The van der Waals surface area contributed by atoms with Crippen LogP contribution in [0.4, 0.5) is 0 Å². The van der Waals surface area contributed by atoms with Gasteiger partial charge in [-0.25, -0.2) is 0 Å². The summed E-state index contributed by atoms with van der Waals surface area (Å²) in [5.74, 6) is 1.27. The number of rotatable bonds is 4. The fourth-order valence-electron chi connectivity index (χ4n) is 4.67. The van der Waals surface area contributed by atoms with Crippen LogP contribution in [0.1, 0.15) is 77.0 Å². The Kier molecular flexibility index (Phi) is 5.56. The summed E-state index contributed by atoms with van der Waals surface area (Å²) >= 11 is 0. The van der Waals surface area contributed by atoms with Crippen molar-refractivity contribution in [3.05, 3.63) is 0 Å². The van der Waals surface area contributed by atoms with E-state index < -0.39 is 0 Å². The van der Waals surface area contributed by atoms with Gasteiger partial charge in [0.05, 0.1) is 0 Å². The Balaban J connectivity index is 1.50. The predicted molar refractivity (Wildman–Crippen MR) is 86.2 cm³/mol. The number of piperidine rings is 1. The SMILES string of the molecule is O=C(CCC1CCCCC1)N1CCCCC1C1CCCN1. The molecule has 3 nitrogen and oxygen atoms in total. The molecule has 2 unspecified atom stereocenters. The highest BCUT2D eigenvalue weighted by molar-refractivity contribution is 5.76. The van der Waals surface area contributed by atoms with E-state index >= 15 is 0 Å². The molecule has 3 heteroatoms. The Bertz CT molecular complexity index is 332. The van der Waals surface area contributed by atoms with Gasteiger partial charge in [-0.05, 0) is 51.0 Å². The van der Waals surface area contributed by atoms with Gasteiger partial charge in [-0.2, -0.15) is 0 Å². The van der Waals surface area contributed by atoms with Crippen LogP contribution in [-0.4, -0.2) is 36.0 Å². The third kappa shape index (κ3) is 4.00. The number of carbonyl (C=O) groups is 1. The summed E-state index contributed by atoms with van der Waals surface area (Å²) in [6.45, 7) is 2.15. The van der Waals surface area contributed by atoms with Crippen LogP contribution in [0.5, 0.6) is 0 Å². The van der Waals surface area contributed by atoms with Crippen molar-refractivity contribution >= 4 is 5.91 Å². The highest BCUT2D eigenvalue weighted by Gasteiger charge is 2.34. The van der Waals surface area contributed by atoms with Crippen LogP contribution in [-0.2, 0) is 4.79 Å². The minimum absolute atomic E-state index is 0.443. The maximum absolute atomic E-state index is 12.7. The molecule has 2 saturated heterocycles. The van der Waals surface area contributed by atoms with Crippen molar-refractivity contribution in [2.24, 2.45) is 5.92 Å². The number of amides is 1. The summed E-state index contributed by atoms with van der Waals surface area (Å²) in [4.78, 5) is 15.0. The molecule has 1 N–H and O–H groups in total. The first kappa shape index (κ1) is 15.3. The summed E-state index contributed by atoms with van der Waals surface area (Å²) in [6, 6.07) is 1.06. The monoisotopic (exact) mass is 292 g/mol. The summed E-state index contributed by atoms with van der Waals surface area (Å²) in [7, 11) is 0. The molecule has 0 aromatic carbocycles. The van der Waals surface area contributed by atoms with Crippen LogP contribution in [0.15, 0.2) is 0 Å². The average Bonchev–Trinajstić information content (AvgIpc) is 3.08. The first-order chi connectivity index (χ1) is 10.3. The van der Waals surface area contributed by atoms with Crippen LogP contribution < -0.4 is 5.32 Å². The molecule has 0 spiro atoms. The Morgan fingerprint density at radius 3 is 2.52 bits per heavy atom. The summed E-state index contributed by atoms with van der Waals surface area (Å²) < 4.78 is 0. The smallest absolute Gasteiger partial charge is 0.222 e. The normalized spacial score (nSPS) is 31.5. The van der Waals surface area contributed by atoms with E-state index in [1.165, 1.54) is 64.2 Å². The zero-order valence-electron chi connectivity index (χ0n) is 13.5. The van der Waals surface area contributed by atoms with Crippen molar-refractivity contribution in [2.45, 2.75) is 89.1 Å². The Hall–Kier alpha value is -0.570. The molecule has 1 amide bonds. The van der Waals surface area contributed by atoms with Crippen molar-refractivity contribution in [3.63, 3.8) is 0 Å². The zero-order valence-corrected chi connectivity index (χ0v) is 13.5. The van der Waals surface area contributed by atoms with Gasteiger partial charge in [-0.1, -0.05) is 32.1 Å². The van der Waals surface area contributed by atoms with E-state index in [-0.39, 0.29) is 0 Å². The lowest BCUT2D eigenvalue weighted by Crippen LogP contribution is -2.52. The van der Waals surface area contributed by atoms with Crippen molar-refractivity contribution in [3.8, 4) is 0 Å². The molecule has 2 aliphatic heterocycles. The summed E-state index contributed by atoms with van der Waals surface area (Å²) in [5.41, 5.74) is 0. The Morgan fingerprint density at radius 1 is 0.952 bits per heavy atom. The first-order valence-electron chi connectivity index (χ1n) is 9.37. The molecule has 1 aliphatic carbocycles. The maximum Gasteiger partial charge on any atom is 0.222 e. The largest absolute Gasteiger partial charge is 0.338 e. The van der Waals surface area contributed by atoms with E-state index in [1.807, 2.05) is 0 Å². The van der Waals surface area contributed by atoms with Crippen LogP contribution in [0, 0.1) is 5.92 Å². The van der Waals surface area contributed by atoms with Gasteiger partial charge in [0.25, 0.3) is 0 Å². The molecule has 3 rings (SSSR count). The van der Waals surface area contributed by atoms with E-state index in [4.69, 9.17) is 0 Å². The maximum atomic E-state index is 12.7. The number of nitrogens with one attached hydrogen (secondary N) is 1. The molecule has 3 aliphatic rings. The lowest BCUT2D eigenvalue weighted by atomic mass is 9.85. The number of likely N-dealkylation sites (tertiary alicyclic amines) is 1. The molecule has 3 fully saturated rings. The highest BCUT2D eigenvalue weighted by atomic mass is 16.2. The molecule has 2 atom stereocenters. The standard InChI is InChI=1S/C18H32N2O/c21-18(12-11-15-7-2-1-3-8-15)20-14-5-4-10-17(20)16-9-6-13-19-16/h15-17,19H,1-14H2. The quantitative estimate of drug-likeness (QED) is 0.860. The van der Waals surface area contributed by atoms with Gasteiger partial charge in [-0.3, -0.25) is 4.79 Å². The van der Waals surface area contributed by atoms with Gasteiger partial charge in [0.15, 0.2) is 0 Å². The van der Waals surface area contributed by atoms with Gasteiger partial charge >= 0.3 is 0 Å². The third-order valence-corrected chi connectivity index (χ3v) is 5.92. The van der Waals surface area contributed by atoms with Crippen LogP contribution in [0.2, 0.25) is 0 Å². The minimum atomic E-state index is 0.443. The molecular weight excluding hydrogens is 260 g/mol. The van der Waals surface area contributed by atoms with E-state index in [0.29, 0.717) is 18.0 Å². The molecule has 2 heterocycles. The van der Waals surface area contributed by atoms with Gasteiger partial charge < -0.3 is 10.2 Å². The number of hydrogen-bond acceptors (Lipinski definition) is 2. The second kappa shape index (κ2) is 7.62. The molecule has 1 saturated carbocycles. The fraction of sp³-hybridized carbons (Fsp3) is 0.944. The van der Waals surface area contributed by atoms with Crippen LogP contribution >= 0.6 is 0 Å². The topological polar surface area (TPSA) is 32.3 Å². The van der Waals surface area contributed by atoms with Crippen molar-refractivity contribution in [2.75, 3.05) is 13.1 Å². The first-order valence-corrected chi connectivity index (χ1v) is 9.37. The molecule has 0 radical (unpaired) electrons. The molecule has 21 heavy (non-hydrogen) atoms. The van der Waals surface area contributed by atoms with E-state index in [9.17, 15) is 4.79 Å². The molecule has 0 aromatic rings. The minimum Gasteiger partial charge on any atom is -0.338 e. The van der Waals surface area contributed by atoms with Gasteiger partial charge in [0.2, 0.25) is 5.91 Å². The highest BCUT2D eigenvalue weighted by Crippen LogP contribution is 2.29. The van der Waals surface area contributed by atoms with Crippen molar-refractivity contribution in [1.29, 1.82) is 0 Å². The van der Waals surface area contributed by atoms with Gasteiger partial charge in [0.1, 0.15) is 0 Å². The van der Waals surface area contributed by atoms with E-state index in [0.717, 1.165) is 31.8 Å². The predicted octanol–water partition coefficient (Wildman–Crippen LogP) is 3.48. The average molecular weight is 292 g/mol. The lowest BCUT2D eigenvalue weighted by molar-refractivity contribution is -0.136. The molecule has 120 valence electrons. The summed E-state index contributed by atoms with van der Waals surface area (Å²) in [5, 5.41) is 3.62. The fourth-order valence-corrected chi connectivity index (χ4v) is 4.67. The molecule has 0 aromatic heterocycles.